The van der Waals surface area contributed by atoms with Gasteiger partial charge in [0.2, 0.25) is 0 Å². The van der Waals surface area contributed by atoms with Crippen LogP contribution in [0.2, 0.25) is 0 Å². The topological polar surface area (TPSA) is 63.9 Å². The Labute approximate surface area is 134 Å². The van der Waals surface area contributed by atoms with Crippen LogP contribution in [-0.2, 0) is 0 Å². The number of aliphatic hydroxyl groups excluding tert-OH is 3. The van der Waals surface area contributed by atoms with E-state index in [1.165, 1.54) is 11.8 Å². The quantitative estimate of drug-likeness (QED) is 0.729. The van der Waals surface area contributed by atoms with Crippen LogP contribution in [0, 0.1) is 5.92 Å². The number of nitrogens with zero attached hydrogens (tertiary/aromatic N) is 1. The van der Waals surface area contributed by atoms with Gasteiger partial charge in [-0.3, -0.25) is 0 Å². The summed E-state index contributed by atoms with van der Waals surface area (Å²) in [6, 6.07) is 5.19. The van der Waals surface area contributed by atoms with E-state index in [0.29, 0.717) is 10.2 Å². The summed E-state index contributed by atoms with van der Waals surface area (Å²) < 4.78 is 39.6. The zero-order valence-corrected chi connectivity index (χ0v) is 13.3. The number of hydrogen-bond donors (Lipinski definition) is 3. The Hall–Kier alpha value is -0.830. The number of piperidine rings is 1. The zero-order valence-electron chi connectivity index (χ0n) is 11.7. The van der Waals surface area contributed by atoms with Crippen molar-refractivity contribution < 1.29 is 28.5 Å². The van der Waals surface area contributed by atoms with Crippen molar-refractivity contribution >= 4 is 21.6 Å². The monoisotopic (exact) mass is 383 g/mol. The third-order valence-corrected chi connectivity index (χ3v) is 4.51. The van der Waals surface area contributed by atoms with Gasteiger partial charge in [0.05, 0.1) is 18.2 Å². The van der Waals surface area contributed by atoms with E-state index in [1.54, 1.807) is 24.3 Å². The summed E-state index contributed by atoms with van der Waals surface area (Å²) in [4.78, 5) is 1.30. The van der Waals surface area contributed by atoms with Crippen molar-refractivity contribution in [3.63, 3.8) is 0 Å². The minimum atomic E-state index is -4.81. The molecule has 0 aromatic heterocycles. The van der Waals surface area contributed by atoms with Gasteiger partial charge < -0.3 is 20.2 Å². The van der Waals surface area contributed by atoms with Gasteiger partial charge in [0.15, 0.2) is 6.10 Å². The number of β-amino-alcohol motifs (C(OH)–C–C–N with tert-alkyl or cyclic N) is 1. The van der Waals surface area contributed by atoms with E-state index in [4.69, 9.17) is 0 Å². The van der Waals surface area contributed by atoms with Crippen LogP contribution in [0.25, 0.3) is 0 Å². The largest absolute Gasteiger partial charge is 0.416 e. The highest BCUT2D eigenvalue weighted by Gasteiger charge is 2.52. The molecule has 0 radical (unpaired) electrons. The van der Waals surface area contributed by atoms with Crippen molar-refractivity contribution in [1.29, 1.82) is 0 Å². The number of rotatable bonds is 2. The van der Waals surface area contributed by atoms with E-state index in [0.717, 1.165) is 0 Å². The van der Waals surface area contributed by atoms with Gasteiger partial charge in [0.1, 0.15) is 0 Å². The Morgan fingerprint density at radius 2 is 1.95 bits per heavy atom. The van der Waals surface area contributed by atoms with Crippen molar-refractivity contribution in [2.45, 2.75) is 37.5 Å². The molecule has 1 fully saturated rings. The molecule has 1 aromatic carbocycles. The summed E-state index contributed by atoms with van der Waals surface area (Å²) in [5.74, 6) is -0.959. The molecule has 1 saturated heterocycles. The van der Waals surface area contributed by atoms with E-state index < -0.39 is 36.4 Å². The number of aliphatic hydroxyl groups is 3. The molecule has 22 heavy (non-hydrogen) atoms. The smallest absolute Gasteiger partial charge is 0.390 e. The van der Waals surface area contributed by atoms with E-state index >= 15 is 0 Å². The Morgan fingerprint density at radius 3 is 2.50 bits per heavy atom. The van der Waals surface area contributed by atoms with Crippen molar-refractivity contribution in [3.05, 3.63) is 28.7 Å². The summed E-state index contributed by atoms with van der Waals surface area (Å²) in [5.41, 5.74) is 0.431. The summed E-state index contributed by atoms with van der Waals surface area (Å²) >= 11 is 3.24. The van der Waals surface area contributed by atoms with Crippen LogP contribution in [0.5, 0.6) is 0 Å². The zero-order chi connectivity index (χ0) is 16.7. The van der Waals surface area contributed by atoms with Crippen molar-refractivity contribution in [3.8, 4) is 0 Å². The van der Waals surface area contributed by atoms with E-state index in [2.05, 4.69) is 15.9 Å². The van der Waals surface area contributed by atoms with Crippen molar-refractivity contribution in [2.24, 2.45) is 5.92 Å². The maximum absolute atomic E-state index is 13.0. The molecule has 0 spiro atoms. The standard InChI is InChI=1S/C14H17BrF3NO3/c1-7-11(13(22)14(16,17)18)19(6-10(20)12(7)21)9-4-2-3-8(15)5-9/h2-5,7,10-13,20-22H,6H2,1H3. The molecule has 5 atom stereocenters. The molecule has 8 heteroatoms. The first-order chi connectivity index (χ1) is 10.1. The third-order valence-electron chi connectivity index (χ3n) is 4.01. The molecule has 3 N–H and O–H groups in total. The van der Waals surface area contributed by atoms with Crippen LogP contribution >= 0.6 is 15.9 Å². The molecule has 0 bridgehead atoms. The molecule has 1 aromatic rings. The maximum Gasteiger partial charge on any atom is 0.416 e. The van der Waals surface area contributed by atoms with Gasteiger partial charge in [0, 0.05) is 22.6 Å². The highest BCUT2D eigenvalue weighted by Crippen LogP contribution is 2.36. The molecule has 1 heterocycles. The number of benzene rings is 1. The Kier molecular flexibility index (Phi) is 5.06. The average molecular weight is 384 g/mol. The minimum absolute atomic E-state index is 0.195. The lowest BCUT2D eigenvalue weighted by Crippen LogP contribution is -2.64. The fourth-order valence-electron chi connectivity index (χ4n) is 2.85. The molecular weight excluding hydrogens is 367 g/mol. The summed E-state index contributed by atoms with van der Waals surface area (Å²) in [6.45, 7) is 1.19. The van der Waals surface area contributed by atoms with Gasteiger partial charge in [-0.05, 0) is 18.2 Å². The second-order valence-electron chi connectivity index (χ2n) is 5.53. The van der Waals surface area contributed by atoms with Crippen LogP contribution in [0.4, 0.5) is 18.9 Å². The number of hydrogen-bond acceptors (Lipinski definition) is 4. The fourth-order valence-corrected chi connectivity index (χ4v) is 3.24. The first-order valence-corrected chi connectivity index (χ1v) is 7.55. The second kappa shape index (κ2) is 6.35. The van der Waals surface area contributed by atoms with Crippen LogP contribution in [0.3, 0.4) is 0 Å². The first-order valence-electron chi connectivity index (χ1n) is 6.76. The molecule has 0 amide bonds. The highest BCUT2D eigenvalue weighted by molar-refractivity contribution is 9.10. The molecule has 2 rings (SSSR count). The van der Waals surface area contributed by atoms with E-state index in [9.17, 15) is 28.5 Å². The van der Waals surface area contributed by atoms with Gasteiger partial charge in [-0.1, -0.05) is 28.9 Å². The fraction of sp³-hybridized carbons (Fsp3) is 0.571. The molecule has 0 saturated carbocycles. The van der Waals surface area contributed by atoms with Gasteiger partial charge in [-0.25, -0.2) is 0 Å². The summed E-state index contributed by atoms with van der Waals surface area (Å²) in [7, 11) is 0. The first kappa shape index (κ1) is 17.5. The Balaban J connectivity index is 2.42. The lowest BCUT2D eigenvalue weighted by Gasteiger charge is -2.48. The number of halogens is 4. The number of anilines is 1. The Bertz CT molecular complexity index is 528. The van der Waals surface area contributed by atoms with E-state index in [-0.39, 0.29) is 6.54 Å². The molecule has 124 valence electrons. The second-order valence-corrected chi connectivity index (χ2v) is 6.44. The van der Waals surface area contributed by atoms with Gasteiger partial charge in [0.25, 0.3) is 0 Å². The van der Waals surface area contributed by atoms with Crippen molar-refractivity contribution in [2.75, 3.05) is 11.4 Å². The van der Waals surface area contributed by atoms with E-state index in [1.807, 2.05) is 0 Å². The predicted octanol–water partition coefficient (Wildman–Crippen LogP) is 1.92. The molecular formula is C14H17BrF3NO3. The summed E-state index contributed by atoms with van der Waals surface area (Å²) in [5, 5.41) is 29.5. The van der Waals surface area contributed by atoms with Crippen LogP contribution in [-0.4, -0.2) is 52.4 Å². The molecule has 1 aliphatic rings. The lowest BCUT2D eigenvalue weighted by atomic mass is 9.83. The highest BCUT2D eigenvalue weighted by atomic mass is 79.9. The molecule has 4 nitrogen and oxygen atoms in total. The summed E-state index contributed by atoms with van der Waals surface area (Å²) in [6.07, 6.45) is -9.95. The molecule has 0 aliphatic carbocycles. The van der Waals surface area contributed by atoms with Gasteiger partial charge >= 0.3 is 6.18 Å². The van der Waals surface area contributed by atoms with Crippen molar-refractivity contribution in [1.82, 2.24) is 0 Å². The van der Waals surface area contributed by atoms with Gasteiger partial charge in [-0.15, -0.1) is 0 Å². The lowest BCUT2D eigenvalue weighted by molar-refractivity contribution is -0.220. The van der Waals surface area contributed by atoms with Crippen LogP contribution in [0.15, 0.2) is 28.7 Å². The normalized spacial score (nSPS) is 31.2. The van der Waals surface area contributed by atoms with Crippen LogP contribution < -0.4 is 4.90 Å². The maximum atomic E-state index is 13.0. The SMILES string of the molecule is CC1C(O)C(O)CN(c2cccc(Br)c2)C1C(O)C(F)(F)F. The third kappa shape index (κ3) is 3.40. The van der Waals surface area contributed by atoms with Crippen LogP contribution in [0.1, 0.15) is 6.92 Å². The molecule has 5 unspecified atom stereocenters. The minimum Gasteiger partial charge on any atom is -0.390 e. The Morgan fingerprint density at radius 1 is 1.32 bits per heavy atom. The molecule has 1 aliphatic heterocycles. The number of alkyl halides is 3. The van der Waals surface area contributed by atoms with Gasteiger partial charge in [-0.2, -0.15) is 13.2 Å². The average Bonchev–Trinajstić information content (AvgIpc) is 2.43. The predicted molar refractivity (Wildman–Crippen MR) is 78.5 cm³/mol.